The fraction of sp³-hybridized carbons (Fsp3) is 0.500. The molecule has 3 aliphatic carbocycles. The predicted octanol–water partition coefficient (Wildman–Crippen LogP) is 11.4. The zero-order valence-electron chi connectivity index (χ0n) is 26.4. The third-order valence-electron chi connectivity index (χ3n) is 10.5. The number of rotatable bonds is 8. The Labute approximate surface area is 245 Å². The highest BCUT2D eigenvalue weighted by atomic mass is 14.4. The van der Waals surface area contributed by atoms with Crippen LogP contribution < -0.4 is 0 Å². The summed E-state index contributed by atoms with van der Waals surface area (Å²) in [5.74, 6) is 1.55. The molecule has 1 fully saturated rings. The molecular formula is C40H52. The van der Waals surface area contributed by atoms with Gasteiger partial charge in [-0.25, -0.2) is 0 Å². The molecule has 2 aromatic carbocycles. The molecular weight excluding hydrogens is 480 g/mol. The van der Waals surface area contributed by atoms with Crippen LogP contribution >= 0.6 is 0 Å². The first-order valence-corrected chi connectivity index (χ1v) is 15.8. The number of fused-ring (bicyclic) bond motifs is 1. The highest BCUT2D eigenvalue weighted by Crippen LogP contribution is 2.51. The summed E-state index contributed by atoms with van der Waals surface area (Å²) >= 11 is 0. The van der Waals surface area contributed by atoms with Gasteiger partial charge in [-0.1, -0.05) is 119 Å². The number of benzene rings is 2. The second kappa shape index (κ2) is 11.0. The molecule has 3 aliphatic rings. The van der Waals surface area contributed by atoms with E-state index in [1.807, 2.05) is 0 Å². The van der Waals surface area contributed by atoms with E-state index < -0.39 is 0 Å². The summed E-state index contributed by atoms with van der Waals surface area (Å²) in [5, 5.41) is 0. The Morgan fingerprint density at radius 2 is 1.77 bits per heavy atom. The van der Waals surface area contributed by atoms with Crippen molar-refractivity contribution in [2.24, 2.45) is 28.6 Å². The first-order chi connectivity index (χ1) is 18.9. The van der Waals surface area contributed by atoms with Crippen molar-refractivity contribution in [3.8, 4) is 11.1 Å². The summed E-state index contributed by atoms with van der Waals surface area (Å²) in [6.45, 7) is 25.6. The van der Waals surface area contributed by atoms with Crippen LogP contribution in [0.2, 0.25) is 0 Å². The van der Waals surface area contributed by atoms with Crippen molar-refractivity contribution >= 4 is 6.08 Å². The van der Waals surface area contributed by atoms with E-state index in [1.165, 1.54) is 82.2 Å². The Hall–Kier alpha value is -2.60. The van der Waals surface area contributed by atoms with E-state index in [1.54, 1.807) is 5.56 Å². The smallest absolute Gasteiger partial charge is 0.00827 e. The maximum atomic E-state index is 4.62. The molecule has 0 radical (unpaired) electrons. The van der Waals surface area contributed by atoms with Crippen molar-refractivity contribution in [3.05, 3.63) is 100 Å². The number of hydrogen-bond donors (Lipinski definition) is 0. The molecule has 0 heteroatoms. The van der Waals surface area contributed by atoms with Crippen molar-refractivity contribution in [1.29, 1.82) is 0 Å². The second-order valence-corrected chi connectivity index (χ2v) is 15.0. The summed E-state index contributed by atoms with van der Waals surface area (Å²) in [5.41, 5.74) is 15.2. The summed E-state index contributed by atoms with van der Waals surface area (Å²) in [6, 6.07) is 11.8. The first-order valence-electron chi connectivity index (χ1n) is 15.8. The van der Waals surface area contributed by atoms with Crippen molar-refractivity contribution in [1.82, 2.24) is 0 Å². The minimum atomic E-state index is 0.288. The number of aryl methyl sites for hydroxylation is 2. The van der Waals surface area contributed by atoms with Crippen LogP contribution in [0.1, 0.15) is 101 Å². The van der Waals surface area contributed by atoms with Gasteiger partial charge in [0.25, 0.3) is 0 Å². The lowest BCUT2D eigenvalue weighted by Gasteiger charge is -2.46. The van der Waals surface area contributed by atoms with Gasteiger partial charge in [0.05, 0.1) is 0 Å². The zero-order valence-corrected chi connectivity index (χ0v) is 26.4. The quantitative estimate of drug-likeness (QED) is 0.297. The molecule has 212 valence electrons. The molecule has 2 aromatic rings. The van der Waals surface area contributed by atoms with E-state index in [0.717, 1.165) is 25.2 Å². The Bertz CT molecular complexity index is 1360. The first kappa shape index (κ1) is 28.9. The molecule has 40 heavy (non-hydrogen) atoms. The maximum Gasteiger partial charge on any atom is 0.00827 e. The highest BCUT2D eigenvalue weighted by molar-refractivity contribution is 5.80. The minimum absolute atomic E-state index is 0.288. The van der Waals surface area contributed by atoms with E-state index in [0.29, 0.717) is 17.3 Å². The Balaban J connectivity index is 1.40. The van der Waals surface area contributed by atoms with Gasteiger partial charge in [0.1, 0.15) is 0 Å². The van der Waals surface area contributed by atoms with Gasteiger partial charge in [0.15, 0.2) is 0 Å². The van der Waals surface area contributed by atoms with Gasteiger partial charge in [-0.3, -0.25) is 0 Å². The topological polar surface area (TPSA) is 0 Å². The van der Waals surface area contributed by atoms with Crippen LogP contribution in [0.3, 0.4) is 0 Å². The molecule has 0 saturated heterocycles. The largest absolute Gasteiger partial charge is 0.0986 e. The fourth-order valence-corrected chi connectivity index (χ4v) is 7.87. The fourth-order valence-electron chi connectivity index (χ4n) is 7.87. The van der Waals surface area contributed by atoms with E-state index in [4.69, 9.17) is 0 Å². The highest BCUT2D eigenvalue weighted by Gasteiger charge is 2.39. The molecule has 2 unspecified atom stereocenters. The van der Waals surface area contributed by atoms with Crippen molar-refractivity contribution in [2.75, 3.05) is 0 Å². The SMILES string of the molecule is C=C1C=CC(CC(C)(C)C)C(=C)C1CC1=Cc2cccc(-c3cc(C)cc(C)c3CCC3(C(C)C)CCC3)c2C1. The third kappa shape index (κ3) is 5.74. The average molecular weight is 533 g/mol. The Kier molecular flexibility index (Phi) is 7.95. The molecule has 0 aliphatic heterocycles. The van der Waals surface area contributed by atoms with Gasteiger partial charge in [0, 0.05) is 5.92 Å². The molecule has 5 rings (SSSR count). The molecule has 1 saturated carbocycles. The van der Waals surface area contributed by atoms with Crippen molar-refractivity contribution in [2.45, 2.75) is 99.8 Å². The van der Waals surface area contributed by atoms with Gasteiger partial charge < -0.3 is 0 Å². The molecule has 0 nitrogen and oxygen atoms in total. The van der Waals surface area contributed by atoms with Crippen LogP contribution in [0, 0.1) is 42.4 Å². The summed E-state index contributed by atoms with van der Waals surface area (Å²) in [4.78, 5) is 0. The standard InChI is InChI=1S/C40H52/c1-26(2)40(17-11-18-40)19-16-34-29(5)20-27(3)21-38(34)35-13-10-12-32-22-31(24-37(32)35)23-36-28(4)14-15-33(30(36)6)25-39(7,8)9/h10,12-15,20-22,26,33,36H,4,6,11,16-19,23-25H2,1-3,5,7-9H3. The van der Waals surface area contributed by atoms with Gasteiger partial charge in [-0.2, -0.15) is 0 Å². The van der Waals surface area contributed by atoms with Crippen molar-refractivity contribution < 1.29 is 0 Å². The maximum absolute atomic E-state index is 4.62. The third-order valence-corrected chi connectivity index (χ3v) is 10.5. The molecule has 0 bridgehead atoms. The normalized spacial score (nSPS) is 21.9. The molecule has 2 atom stereocenters. The molecule has 0 heterocycles. The molecule has 0 spiro atoms. The molecule has 0 N–H and O–H groups in total. The van der Waals surface area contributed by atoms with Crippen LogP contribution in [-0.2, 0) is 12.8 Å². The van der Waals surface area contributed by atoms with E-state index in [-0.39, 0.29) is 5.41 Å². The predicted molar refractivity (Wildman–Crippen MR) is 176 cm³/mol. The lowest BCUT2D eigenvalue weighted by atomic mass is 9.59. The average Bonchev–Trinajstić information content (AvgIpc) is 3.25. The van der Waals surface area contributed by atoms with Gasteiger partial charge in [0.2, 0.25) is 0 Å². The lowest BCUT2D eigenvalue weighted by molar-refractivity contribution is 0.0578. The van der Waals surface area contributed by atoms with E-state index in [2.05, 4.69) is 110 Å². The van der Waals surface area contributed by atoms with Crippen LogP contribution in [0.15, 0.2) is 72.4 Å². The van der Waals surface area contributed by atoms with Crippen molar-refractivity contribution in [3.63, 3.8) is 0 Å². The lowest BCUT2D eigenvalue weighted by Crippen LogP contribution is -2.35. The van der Waals surface area contributed by atoms with Gasteiger partial charge in [-0.05, 0) is 120 Å². The minimum Gasteiger partial charge on any atom is -0.0986 e. The second-order valence-electron chi connectivity index (χ2n) is 15.0. The van der Waals surface area contributed by atoms with Crippen LogP contribution in [0.4, 0.5) is 0 Å². The zero-order chi connectivity index (χ0) is 28.8. The Morgan fingerprint density at radius 3 is 2.42 bits per heavy atom. The molecule has 0 amide bonds. The van der Waals surface area contributed by atoms with Crippen LogP contribution in [-0.4, -0.2) is 0 Å². The summed E-state index contributed by atoms with van der Waals surface area (Å²) < 4.78 is 0. The van der Waals surface area contributed by atoms with Crippen LogP contribution in [0.25, 0.3) is 17.2 Å². The van der Waals surface area contributed by atoms with E-state index in [9.17, 15) is 0 Å². The number of hydrogen-bond acceptors (Lipinski definition) is 0. The summed E-state index contributed by atoms with van der Waals surface area (Å²) in [7, 11) is 0. The molecule has 0 aromatic heterocycles. The Morgan fingerprint density at radius 1 is 1.02 bits per heavy atom. The summed E-state index contributed by atoms with van der Waals surface area (Å²) in [6.07, 6.45) is 17.0. The van der Waals surface area contributed by atoms with Gasteiger partial charge >= 0.3 is 0 Å². The number of allylic oxidation sites excluding steroid dienone is 5. The van der Waals surface area contributed by atoms with Crippen LogP contribution in [0.5, 0.6) is 0 Å². The van der Waals surface area contributed by atoms with E-state index >= 15 is 0 Å². The van der Waals surface area contributed by atoms with Gasteiger partial charge in [-0.15, -0.1) is 0 Å². The monoisotopic (exact) mass is 532 g/mol.